The van der Waals surface area contributed by atoms with Crippen LogP contribution in [0.1, 0.15) is 23.7 Å². The first-order valence-corrected chi connectivity index (χ1v) is 6.24. The van der Waals surface area contributed by atoms with E-state index in [-0.39, 0.29) is 17.7 Å². The fourth-order valence-corrected chi connectivity index (χ4v) is 1.97. The minimum Gasteiger partial charge on any atom is -0.493 e. The highest BCUT2D eigenvalue weighted by Crippen LogP contribution is 2.17. The third kappa shape index (κ3) is 3.31. The Morgan fingerprint density at radius 1 is 1.44 bits per heavy atom. The Balaban J connectivity index is 1.87. The number of hydrogen-bond acceptors (Lipinski definition) is 4. The van der Waals surface area contributed by atoms with Crippen LogP contribution in [-0.2, 0) is 4.74 Å². The standard InChI is InChI=1S/C14H19NO3/c1-10(16)11-2-4-13(5-3-11)18-9-12-8-17-7-6-14(12)15/h2-5,12,14H,6-9,15H2,1H3. The molecule has 0 radical (unpaired) electrons. The van der Waals surface area contributed by atoms with Crippen LogP contribution in [-0.4, -0.2) is 31.6 Å². The zero-order valence-electron chi connectivity index (χ0n) is 10.6. The molecule has 1 aromatic rings. The minimum absolute atomic E-state index is 0.0595. The van der Waals surface area contributed by atoms with Crippen LogP contribution in [0, 0.1) is 5.92 Å². The molecule has 18 heavy (non-hydrogen) atoms. The third-order valence-electron chi connectivity index (χ3n) is 3.26. The molecular formula is C14H19NO3. The van der Waals surface area contributed by atoms with E-state index in [4.69, 9.17) is 15.2 Å². The van der Waals surface area contributed by atoms with Gasteiger partial charge in [0.2, 0.25) is 0 Å². The lowest BCUT2D eigenvalue weighted by Gasteiger charge is -2.28. The molecule has 1 aliphatic rings. The van der Waals surface area contributed by atoms with E-state index >= 15 is 0 Å². The number of ketones is 1. The largest absolute Gasteiger partial charge is 0.493 e. The van der Waals surface area contributed by atoms with Crippen molar-refractivity contribution in [2.45, 2.75) is 19.4 Å². The highest BCUT2D eigenvalue weighted by Gasteiger charge is 2.22. The summed E-state index contributed by atoms with van der Waals surface area (Å²) in [7, 11) is 0. The predicted octanol–water partition coefficient (Wildman–Crippen LogP) is 1.63. The molecular weight excluding hydrogens is 230 g/mol. The predicted molar refractivity (Wildman–Crippen MR) is 68.8 cm³/mol. The summed E-state index contributed by atoms with van der Waals surface area (Å²) in [6.45, 7) is 3.51. The number of carbonyl (C=O) groups is 1. The number of Topliss-reactive ketones (excluding diaryl/α,β-unsaturated/α-hetero) is 1. The summed E-state index contributed by atoms with van der Waals surface area (Å²) in [6.07, 6.45) is 0.886. The Hall–Kier alpha value is -1.39. The quantitative estimate of drug-likeness (QED) is 0.824. The lowest BCUT2D eigenvalue weighted by Crippen LogP contribution is -2.41. The van der Waals surface area contributed by atoms with Crippen molar-refractivity contribution in [1.82, 2.24) is 0 Å². The molecule has 2 N–H and O–H groups in total. The average Bonchev–Trinajstić information content (AvgIpc) is 2.38. The van der Waals surface area contributed by atoms with E-state index in [9.17, 15) is 4.79 Å². The molecule has 1 aliphatic heterocycles. The van der Waals surface area contributed by atoms with Gasteiger partial charge >= 0.3 is 0 Å². The van der Waals surface area contributed by atoms with E-state index in [1.165, 1.54) is 0 Å². The highest BCUT2D eigenvalue weighted by molar-refractivity contribution is 5.94. The second kappa shape index (κ2) is 5.98. The lowest BCUT2D eigenvalue weighted by molar-refractivity contribution is 0.0226. The van der Waals surface area contributed by atoms with Gasteiger partial charge in [-0.3, -0.25) is 4.79 Å². The number of carbonyl (C=O) groups excluding carboxylic acids is 1. The van der Waals surface area contributed by atoms with Gasteiger partial charge < -0.3 is 15.2 Å². The topological polar surface area (TPSA) is 61.5 Å². The first-order valence-electron chi connectivity index (χ1n) is 6.24. The number of benzene rings is 1. The summed E-state index contributed by atoms with van der Waals surface area (Å²) in [5.41, 5.74) is 6.70. The number of rotatable bonds is 4. The molecule has 1 aromatic carbocycles. The fraction of sp³-hybridized carbons (Fsp3) is 0.500. The van der Waals surface area contributed by atoms with Gasteiger partial charge in [-0.05, 0) is 37.6 Å². The molecule has 2 unspecified atom stereocenters. The Kier molecular flexibility index (Phi) is 4.33. The Labute approximate surface area is 107 Å². The van der Waals surface area contributed by atoms with E-state index in [0.29, 0.717) is 18.8 Å². The number of ether oxygens (including phenoxy) is 2. The van der Waals surface area contributed by atoms with Crippen molar-refractivity contribution in [2.24, 2.45) is 11.7 Å². The van der Waals surface area contributed by atoms with Gasteiger partial charge in [0.1, 0.15) is 5.75 Å². The molecule has 1 fully saturated rings. The first-order chi connectivity index (χ1) is 8.66. The van der Waals surface area contributed by atoms with Crippen molar-refractivity contribution in [3.8, 4) is 5.75 Å². The van der Waals surface area contributed by atoms with Gasteiger partial charge in [0.05, 0.1) is 13.2 Å². The summed E-state index contributed by atoms with van der Waals surface area (Å²) in [5, 5.41) is 0. The van der Waals surface area contributed by atoms with Crippen LogP contribution in [0.15, 0.2) is 24.3 Å². The molecule has 2 rings (SSSR count). The van der Waals surface area contributed by atoms with Crippen molar-refractivity contribution in [3.05, 3.63) is 29.8 Å². The minimum atomic E-state index is 0.0595. The summed E-state index contributed by atoms with van der Waals surface area (Å²) < 4.78 is 11.1. The fourth-order valence-electron chi connectivity index (χ4n) is 1.97. The molecule has 0 spiro atoms. The van der Waals surface area contributed by atoms with E-state index in [1.54, 1.807) is 19.1 Å². The molecule has 4 heteroatoms. The first kappa shape index (κ1) is 13.1. The van der Waals surface area contributed by atoms with Crippen LogP contribution in [0.5, 0.6) is 5.75 Å². The van der Waals surface area contributed by atoms with Gasteiger partial charge in [-0.25, -0.2) is 0 Å². The summed E-state index contributed by atoms with van der Waals surface area (Å²) in [5.74, 6) is 1.06. The molecule has 1 saturated heterocycles. The van der Waals surface area contributed by atoms with Gasteiger partial charge in [-0.15, -0.1) is 0 Å². The molecule has 98 valence electrons. The number of nitrogens with two attached hydrogens (primary N) is 1. The van der Waals surface area contributed by atoms with E-state index in [2.05, 4.69) is 0 Å². The van der Waals surface area contributed by atoms with Crippen molar-refractivity contribution >= 4 is 5.78 Å². The van der Waals surface area contributed by atoms with Crippen LogP contribution < -0.4 is 10.5 Å². The van der Waals surface area contributed by atoms with Gasteiger partial charge in [-0.1, -0.05) is 0 Å². The van der Waals surface area contributed by atoms with Crippen molar-refractivity contribution in [3.63, 3.8) is 0 Å². The zero-order valence-corrected chi connectivity index (χ0v) is 10.6. The molecule has 0 bridgehead atoms. The lowest BCUT2D eigenvalue weighted by atomic mass is 9.98. The van der Waals surface area contributed by atoms with Crippen molar-refractivity contribution < 1.29 is 14.3 Å². The Bertz CT molecular complexity index is 402. The Morgan fingerprint density at radius 3 is 2.78 bits per heavy atom. The van der Waals surface area contributed by atoms with Gasteiger partial charge in [0, 0.05) is 24.1 Å². The summed E-state index contributed by atoms with van der Waals surface area (Å²) in [4.78, 5) is 11.1. The van der Waals surface area contributed by atoms with E-state index in [1.807, 2.05) is 12.1 Å². The van der Waals surface area contributed by atoms with E-state index in [0.717, 1.165) is 18.8 Å². The smallest absolute Gasteiger partial charge is 0.159 e. The van der Waals surface area contributed by atoms with Crippen LogP contribution >= 0.6 is 0 Å². The van der Waals surface area contributed by atoms with Crippen LogP contribution in [0.2, 0.25) is 0 Å². The number of hydrogen-bond donors (Lipinski definition) is 1. The van der Waals surface area contributed by atoms with E-state index < -0.39 is 0 Å². The van der Waals surface area contributed by atoms with Crippen LogP contribution in [0.4, 0.5) is 0 Å². The van der Waals surface area contributed by atoms with Gasteiger partial charge in [0.25, 0.3) is 0 Å². The zero-order chi connectivity index (χ0) is 13.0. The summed E-state index contributed by atoms with van der Waals surface area (Å²) in [6, 6.07) is 7.32. The molecule has 0 amide bonds. The molecule has 0 aromatic heterocycles. The highest BCUT2D eigenvalue weighted by atomic mass is 16.5. The maximum Gasteiger partial charge on any atom is 0.159 e. The molecule has 2 atom stereocenters. The monoisotopic (exact) mass is 249 g/mol. The van der Waals surface area contributed by atoms with Gasteiger partial charge in [-0.2, -0.15) is 0 Å². The van der Waals surface area contributed by atoms with Gasteiger partial charge in [0.15, 0.2) is 5.78 Å². The normalized spacial score (nSPS) is 23.7. The second-order valence-corrected chi connectivity index (χ2v) is 4.68. The summed E-state index contributed by atoms with van der Waals surface area (Å²) >= 11 is 0. The maximum absolute atomic E-state index is 11.1. The van der Waals surface area contributed by atoms with Crippen LogP contribution in [0.3, 0.4) is 0 Å². The van der Waals surface area contributed by atoms with Crippen LogP contribution in [0.25, 0.3) is 0 Å². The van der Waals surface area contributed by atoms with Crippen molar-refractivity contribution in [2.75, 3.05) is 19.8 Å². The molecule has 4 nitrogen and oxygen atoms in total. The average molecular weight is 249 g/mol. The SMILES string of the molecule is CC(=O)c1ccc(OCC2COCCC2N)cc1. The molecule has 1 heterocycles. The Morgan fingerprint density at radius 2 is 2.17 bits per heavy atom. The third-order valence-corrected chi connectivity index (χ3v) is 3.26. The molecule has 0 saturated carbocycles. The second-order valence-electron chi connectivity index (χ2n) is 4.68. The van der Waals surface area contributed by atoms with Crippen molar-refractivity contribution in [1.29, 1.82) is 0 Å². The molecule has 0 aliphatic carbocycles. The maximum atomic E-state index is 11.1.